The van der Waals surface area contributed by atoms with E-state index >= 15 is 0 Å². The van der Waals surface area contributed by atoms with E-state index in [4.69, 9.17) is 5.11 Å². The van der Waals surface area contributed by atoms with Gasteiger partial charge >= 0.3 is 6.18 Å². The van der Waals surface area contributed by atoms with Gasteiger partial charge in [-0.05, 0) is 29.8 Å². The van der Waals surface area contributed by atoms with Gasteiger partial charge in [0.05, 0.1) is 12.2 Å². The first-order valence-electron chi connectivity index (χ1n) is 8.50. The SMILES string of the molecule is OCc1ccc(CN2CCN(c3ccc(C(F)(F)F)c(F)c3)CC2)cc1F. The van der Waals surface area contributed by atoms with Crippen LogP contribution in [0.15, 0.2) is 36.4 Å². The number of anilines is 1. The van der Waals surface area contributed by atoms with E-state index in [2.05, 4.69) is 4.90 Å². The monoisotopic (exact) mass is 386 g/mol. The number of hydrogen-bond donors (Lipinski definition) is 1. The molecule has 0 atom stereocenters. The molecule has 0 saturated carbocycles. The predicted octanol–water partition coefficient (Wildman–Crippen LogP) is 3.80. The molecular weight excluding hydrogens is 367 g/mol. The van der Waals surface area contributed by atoms with Gasteiger partial charge in [-0.1, -0.05) is 12.1 Å². The summed E-state index contributed by atoms with van der Waals surface area (Å²) in [6.45, 7) is 2.47. The summed E-state index contributed by atoms with van der Waals surface area (Å²) in [5, 5.41) is 9.00. The lowest BCUT2D eigenvalue weighted by molar-refractivity contribution is -0.139. The molecule has 1 aliphatic heterocycles. The largest absolute Gasteiger partial charge is 0.419 e. The summed E-state index contributed by atoms with van der Waals surface area (Å²) in [4.78, 5) is 3.92. The Labute approximate surface area is 153 Å². The standard InChI is InChI=1S/C19H19F5N2O/c20-17-9-13(1-2-14(17)12-27)11-25-5-7-26(8-6-25)15-3-4-16(18(21)10-15)19(22,23)24/h1-4,9-10,27H,5-8,11-12H2. The molecule has 27 heavy (non-hydrogen) atoms. The fraction of sp³-hybridized carbons (Fsp3) is 0.368. The second-order valence-corrected chi connectivity index (χ2v) is 6.51. The molecule has 0 aromatic heterocycles. The molecule has 0 bridgehead atoms. The average molecular weight is 386 g/mol. The Balaban J connectivity index is 1.60. The quantitative estimate of drug-likeness (QED) is 0.810. The zero-order valence-electron chi connectivity index (χ0n) is 14.4. The van der Waals surface area contributed by atoms with Crippen LogP contribution in [-0.2, 0) is 19.3 Å². The van der Waals surface area contributed by atoms with E-state index in [1.165, 1.54) is 12.1 Å². The van der Waals surface area contributed by atoms with Gasteiger partial charge in [0.1, 0.15) is 11.6 Å². The zero-order valence-corrected chi connectivity index (χ0v) is 14.4. The lowest BCUT2D eigenvalue weighted by Gasteiger charge is -2.36. The fourth-order valence-electron chi connectivity index (χ4n) is 3.17. The Morgan fingerprint density at radius 1 is 0.889 bits per heavy atom. The third kappa shape index (κ3) is 4.56. The summed E-state index contributed by atoms with van der Waals surface area (Å²) in [7, 11) is 0. The Bertz CT molecular complexity index is 801. The number of piperazine rings is 1. The minimum atomic E-state index is -4.71. The Kier molecular flexibility index (Phi) is 5.67. The van der Waals surface area contributed by atoms with Crippen molar-refractivity contribution in [2.75, 3.05) is 31.1 Å². The summed E-state index contributed by atoms with van der Waals surface area (Å²) in [6, 6.07) is 7.66. The fourth-order valence-corrected chi connectivity index (χ4v) is 3.17. The molecule has 1 heterocycles. The van der Waals surface area contributed by atoms with Crippen LogP contribution < -0.4 is 4.90 Å². The third-order valence-corrected chi connectivity index (χ3v) is 4.69. The predicted molar refractivity (Wildman–Crippen MR) is 91.2 cm³/mol. The van der Waals surface area contributed by atoms with Crippen molar-refractivity contribution in [1.29, 1.82) is 0 Å². The molecular formula is C19H19F5N2O. The van der Waals surface area contributed by atoms with Crippen LogP contribution in [0.25, 0.3) is 0 Å². The van der Waals surface area contributed by atoms with Gasteiger partial charge in [0.15, 0.2) is 0 Å². The van der Waals surface area contributed by atoms with Gasteiger partial charge < -0.3 is 10.0 Å². The van der Waals surface area contributed by atoms with E-state index in [-0.39, 0.29) is 12.2 Å². The van der Waals surface area contributed by atoms with Crippen molar-refractivity contribution in [1.82, 2.24) is 4.90 Å². The van der Waals surface area contributed by atoms with Gasteiger partial charge in [-0.3, -0.25) is 4.90 Å². The van der Waals surface area contributed by atoms with Crippen molar-refractivity contribution in [2.45, 2.75) is 19.3 Å². The maximum Gasteiger partial charge on any atom is 0.419 e. The molecule has 0 radical (unpaired) electrons. The van der Waals surface area contributed by atoms with E-state index in [0.717, 1.165) is 17.7 Å². The molecule has 1 N–H and O–H groups in total. The highest BCUT2D eigenvalue weighted by Crippen LogP contribution is 2.33. The highest BCUT2D eigenvalue weighted by molar-refractivity contribution is 5.49. The number of alkyl halides is 3. The van der Waals surface area contributed by atoms with Crippen molar-refractivity contribution >= 4 is 5.69 Å². The molecule has 2 aromatic rings. The Morgan fingerprint density at radius 2 is 1.59 bits per heavy atom. The molecule has 1 aliphatic rings. The summed E-state index contributed by atoms with van der Waals surface area (Å²) in [6.07, 6.45) is -4.71. The summed E-state index contributed by atoms with van der Waals surface area (Å²) < 4.78 is 65.5. The molecule has 0 amide bonds. The molecule has 1 fully saturated rings. The van der Waals surface area contributed by atoms with Crippen LogP contribution in [0.5, 0.6) is 0 Å². The molecule has 0 aliphatic carbocycles. The highest BCUT2D eigenvalue weighted by atomic mass is 19.4. The molecule has 3 nitrogen and oxygen atoms in total. The van der Waals surface area contributed by atoms with Crippen LogP contribution in [0.2, 0.25) is 0 Å². The lowest BCUT2D eigenvalue weighted by atomic mass is 10.1. The van der Waals surface area contributed by atoms with Crippen LogP contribution >= 0.6 is 0 Å². The molecule has 0 spiro atoms. The maximum atomic E-state index is 13.8. The van der Waals surface area contributed by atoms with Crippen LogP contribution in [0.4, 0.5) is 27.6 Å². The van der Waals surface area contributed by atoms with Crippen molar-refractivity contribution in [3.63, 3.8) is 0 Å². The van der Waals surface area contributed by atoms with Gasteiger partial charge in [0.2, 0.25) is 0 Å². The third-order valence-electron chi connectivity index (χ3n) is 4.69. The number of rotatable bonds is 4. The zero-order chi connectivity index (χ0) is 19.6. The first-order valence-corrected chi connectivity index (χ1v) is 8.50. The lowest BCUT2D eigenvalue weighted by Crippen LogP contribution is -2.46. The number of aliphatic hydroxyl groups excluding tert-OH is 1. The highest BCUT2D eigenvalue weighted by Gasteiger charge is 2.34. The van der Waals surface area contributed by atoms with Gasteiger partial charge in [-0.15, -0.1) is 0 Å². The van der Waals surface area contributed by atoms with Gasteiger partial charge in [-0.25, -0.2) is 8.78 Å². The molecule has 0 unspecified atom stereocenters. The minimum Gasteiger partial charge on any atom is -0.392 e. The average Bonchev–Trinajstić information content (AvgIpc) is 2.61. The smallest absolute Gasteiger partial charge is 0.392 e. The van der Waals surface area contributed by atoms with E-state index < -0.39 is 23.4 Å². The Morgan fingerprint density at radius 3 is 2.15 bits per heavy atom. The minimum absolute atomic E-state index is 0.243. The van der Waals surface area contributed by atoms with Gasteiger partial charge in [-0.2, -0.15) is 13.2 Å². The second-order valence-electron chi connectivity index (χ2n) is 6.51. The molecule has 1 saturated heterocycles. The number of hydrogen-bond acceptors (Lipinski definition) is 3. The summed E-state index contributed by atoms with van der Waals surface area (Å²) in [5.41, 5.74) is 0.170. The number of halogens is 5. The maximum absolute atomic E-state index is 13.8. The summed E-state index contributed by atoms with van der Waals surface area (Å²) in [5.74, 6) is -1.73. The van der Waals surface area contributed by atoms with Gasteiger partial charge in [0.25, 0.3) is 0 Å². The van der Waals surface area contributed by atoms with E-state index in [9.17, 15) is 22.0 Å². The van der Waals surface area contributed by atoms with Crippen molar-refractivity contribution < 1.29 is 27.1 Å². The number of nitrogens with zero attached hydrogens (tertiary/aromatic N) is 2. The van der Waals surface area contributed by atoms with Crippen LogP contribution in [0, 0.1) is 11.6 Å². The van der Waals surface area contributed by atoms with Crippen LogP contribution in [-0.4, -0.2) is 36.2 Å². The normalized spacial score (nSPS) is 16.0. The number of aliphatic hydroxyl groups is 1. The van der Waals surface area contributed by atoms with E-state index in [1.807, 2.05) is 4.90 Å². The Hall–Kier alpha value is -2.19. The molecule has 146 valence electrons. The first-order chi connectivity index (χ1) is 12.8. The second kappa shape index (κ2) is 7.82. The topological polar surface area (TPSA) is 26.7 Å². The van der Waals surface area contributed by atoms with Crippen molar-refractivity contribution in [3.05, 3.63) is 64.7 Å². The van der Waals surface area contributed by atoms with Crippen molar-refractivity contribution in [2.24, 2.45) is 0 Å². The van der Waals surface area contributed by atoms with E-state index in [1.54, 1.807) is 12.1 Å². The molecule has 8 heteroatoms. The van der Waals surface area contributed by atoms with Gasteiger partial charge in [0, 0.05) is 44.0 Å². The molecule has 2 aromatic carbocycles. The first kappa shape index (κ1) is 19.6. The van der Waals surface area contributed by atoms with Crippen LogP contribution in [0.3, 0.4) is 0 Å². The van der Waals surface area contributed by atoms with Crippen molar-refractivity contribution in [3.8, 4) is 0 Å². The molecule has 3 rings (SSSR count). The summed E-state index contributed by atoms with van der Waals surface area (Å²) >= 11 is 0. The van der Waals surface area contributed by atoms with E-state index in [0.29, 0.717) is 38.4 Å². The van der Waals surface area contributed by atoms with Crippen LogP contribution in [0.1, 0.15) is 16.7 Å². The number of benzene rings is 2.